The number of amides is 1. The SMILES string of the molecule is COc1cccc(C(=O)NCC(F)(F)CO)c1. The molecule has 0 saturated carbocycles. The monoisotopic (exact) mass is 245 g/mol. The zero-order valence-corrected chi connectivity index (χ0v) is 9.24. The molecule has 0 saturated heterocycles. The second kappa shape index (κ2) is 5.58. The maximum Gasteiger partial charge on any atom is 0.287 e. The highest BCUT2D eigenvalue weighted by Crippen LogP contribution is 2.13. The van der Waals surface area contributed by atoms with Crippen molar-refractivity contribution in [2.45, 2.75) is 5.92 Å². The fraction of sp³-hybridized carbons (Fsp3) is 0.364. The van der Waals surface area contributed by atoms with Crippen LogP contribution in [0.2, 0.25) is 0 Å². The van der Waals surface area contributed by atoms with Gasteiger partial charge in [-0.15, -0.1) is 0 Å². The van der Waals surface area contributed by atoms with Crippen molar-refractivity contribution in [1.82, 2.24) is 5.32 Å². The molecule has 2 N–H and O–H groups in total. The molecule has 0 fully saturated rings. The van der Waals surface area contributed by atoms with Crippen molar-refractivity contribution in [1.29, 1.82) is 0 Å². The quantitative estimate of drug-likeness (QED) is 0.815. The molecule has 0 unspecified atom stereocenters. The Hall–Kier alpha value is -1.69. The van der Waals surface area contributed by atoms with E-state index in [1.165, 1.54) is 19.2 Å². The number of carbonyl (C=O) groups is 1. The van der Waals surface area contributed by atoms with E-state index in [0.29, 0.717) is 5.75 Å². The van der Waals surface area contributed by atoms with Gasteiger partial charge in [0.1, 0.15) is 12.4 Å². The Balaban J connectivity index is 2.64. The first kappa shape index (κ1) is 13.4. The van der Waals surface area contributed by atoms with Crippen LogP contribution in [-0.4, -0.2) is 37.2 Å². The summed E-state index contributed by atoms with van der Waals surface area (Å²) >= 11 is 0. The molecule has 17 heavy (non-hydrogen) atoms. The summed E-state index contributed by atoms with van der Waals surface area (Å²) in [5.74, 6) is -3.49. The highest BCUT2D eigenvalue weighted by molar-refractivity contribution is 5.94. The fourth-order valence-corrected chi connectivity index (χ4v) is 1.13. The average Bonchev–Trinajstić information content (AvgIpc) is 2.36. The second-order valence-corrected chi connectivity index (χ2v) is 3.43. The molecule has 1 amide bonds. The largest absolute Gasteiger partial charge is 0.497 e. The second-order valence-electron chi connectivity index (χ2n) is 3.43. The van der Waals surface area contributed by atoms with Gasteiger partial charge in [-0.25, -0.2) is 8.78 Å². The molecule has 0 heterocycles. The predicted octanol–water partition coefficient (Wildman–Crippen LogP) is 1.05. The van der Waals surface area contributed by atoms with Gasteiger partial charge in [-0.2, -0.15) is 0 Å². The summed E-state index contributed by atoms with van der Waals surface area (Å²) in [6.45, 7) is -2.20. The number of rotatable bonds is 5. The highest BCUT2D eigenvalue weighted by Gasteiger charge is 2.28. The molecule has 0 bridgehead atoms. The highest BCUT2D eigenvalue weighted by atomic mass is 19.3. The average molecular weight is 245 g/mol. The summed E-state index contributed by atoms with van der Waals surface area (Å²) in [4.78, 5) is 11.5. The van der Waals surface area contributed by atoms with Crippen LogP contribution in [-0.2, 0) is 0 Å². The number of hydrogen-bond donors (Lipinski definition) is 2. The third kappa shape index (κ3) is 3.99. The predicted molar refractivity (Wildman–Crippen MR) is 57.4 cm³/mol. The summed E-state index contributed by atoms with van der Waals surface area (Å²) in [6.07, 6.45) is 0. The van der Waals surface area contributed by atoms with Crippen molar-refractivity contribution >= 4 is 5.91 Å². The Morgan fingerprint density at radius 2 is 2.24 bits per heavy atom. The number of alkyl halides is 2. The molecule has 1 aromatic carbocycles. The van der Waals surface area contributed by atoms with E-state index in [9.17, 15) is 13.6 Å². The molecule has 0 radical (unpaired) electrons. The molecule has 1 aromatic rings. The molecular weight excluding hydrogens is 232 g/mol. The molecule has 1 rings (SSSR count). The first-order valence-electron chi connectivity index (χ1n) is 4.89. The minimum absolute atomic E-state index is 0.220. The number of halogens is 2. The van der Waals surface area contributed by atoms with Crippen LogP contribution >= 0.6 is 0 Å². The van der Waals surface area contributed by atoms with Crippen molar-refractivity contribution in [3.05, 3.63) is 29.8 Å². The van der Waals surface area contributed by atoms with E-state index >= 15 is 0 Å². The summed E-state index contributed by atoms with van der Waals surface area (Å²) < 4.78 is 30.3. The fourth-order valence-electron chi connectivity index (χ4n) is 1.13. The van der Waals surface area contributed by atoms with Gasteiger partial charge in [0.2, 0.25) is 0 Å². The first-order valence-corrected chi connectivity index (χ1v) is 4.89. The van der Waals surface area contributed by atoms with Gasteiger partial charge in [-0.1, -0.05) is 6.07 Å². The molecular formula is C11H13F2NO3. The van der Waals surface area contributed by atoms with E-state index < -0.39 is 25.0 Å². The number of hydrogen-bond acceptors (Lipinski definition) is 3. The lowest BCUT2D eigenvalue weighted by Crippen LogP contribution is -2.38. The third-order valence-electron chi connectivity index (χ3n) is 2.07. The lowest BCUT2D eigenvalue weighted by molar-refractivity contribution is -0.0462. The van der Waals surface area contributed by atoms with E-state index in [1.807, 2.05) is 5.32 Å². The van der Waals surface area contributed by atoms with Crippen LogP contribution in [0.25, 0.3) is 0 Å². The smallest absolute Gasteiger partial charge is 0.287 e. The van der Waals surface area contributed by atoms with Crippen LogP contribution in [0, 0.1) is 0 Å². The lowest BCUT2D eigenvalue weighted by Gasteiger charge is -2.14. The standard InChI is InChI=1S/C11H13F2NO3/c1-17-9-4-2-3-8(5-9)10(16)14-6-11(12,13)7-15/h2-5,15H,6-7H2,1H3,(H,14,16). The topological polar surface area (TPSA) is 58.6 Å². The Morgan fingerprint density at radius 3 is 2.82 bits per heavy atom. The Bertz CT molecular complexity index is 396. The van der Waals surface area contributed by atoms with E-state index in [-0.39, 0.29) is 5.56 Å². The van der Waals surface area contributed by atoms with Crippen molar-refractivity contribution in [3.63, 3.8) is 0 Å². The van der Waals surface area contributed by atoms with Gasteiger partial charge < -0.3 is 15.2 Å². The van der Waals surface area contributed by atoms with Crippen LogP contribution < -0.4 is 10.1 Å². The minimum atomic E-state index is -3.31. The molecule has 6 heteroatoms. The van der Waals surface area contributed by atoms with Crippen LogP contribution in [0.3, 0.4) is 0 Å². The van der Waals surface area contributed by atoms with Crippen LogP contribution in [0.15, 0.2) is 24.3 Å². The Morgan fingerprint density at radius 1 is 1.53 bits per heavy atom. The number of methoxy groups -OCH3 is 1. The van der Waals surface area contributed by atoms with Gasteiger partial charge in [0.15, 0.2) is 0 Å². The first-order chi connectivity index (χ1) is 7.98. The molecule has 4 nitrogen and oxygen atoms in total. The van der Waals surface area contributed by atoms with E-state index in [2.05, 4.69) is 0 Å². The molecule has 0 aliphatic carbocycles. The Kier molecular flexibility index (Phi) is 4.39. The zero-order valence-electron chi connectivity index (χ0n) is 9.24. The Labute approximate surface area is 97.2 Å². The third-order valence-corrected chi connectivity index (χ3v) is 2.07. The number of ether oxygens (including phenoxy) is 1. The number of nitrogens with one attached hydrogen (secondary N) is 1. The van der Waals surface area contributed by atoms with Gasteiger partial charge in [0.25, 0.3) is 11.8 Å². The van der Waals surface area contributed by atoms with Crippen molar-refractivity contribution in [2.24, 2.45) is 0 Å². The van der Waals surface area contributed by atoms with Gasteiger partial charge in [0.05, 0.1) is 13.7 Å². The van der Waals surface area contributed by atoms with Gasteiger partial charge >= 0.3 is 0 Å². The van der Waals surface area contributed by atoms with E-state index in [1.54, 1.807) is 12.1 Å². The van der Waals surface area contributed by atoms with Crippen molar-refractivity contribution < 1.29 is 23.4 Å². The van der Waals surface area contributed by atoms with Crippen LogP contribution in [0.4, 0.5) is 8.78 Å². The van der Waals surface area contributed by atoms with Gasteiger partial charge in [-0.3, -0.25) is 4.79 Å². The van der Waals surface area contributed by atoms with Crippen LogP contribution in [0.5, 0.6) is 5.75 Å². The number of benzene rings is 1. The van der Waals surface area contributed by atoms with E-state index in [4.69, 9.17) is 9.84 Å². The summed E-state index contributed by atoms with van der Waals surface area (Å²) in [6, 6.07) is 6.14. The number of aliphatic hydroxyl groups is 1. The van der Waals surface area contributed by atoms with Crippen molar-refractivity contribution in [2.75, 3.05) is 20.3 Å². The number of carbonyl (C=O) groups excluding carboxylic acids is 1. The molecule has 0 aliphatic heterocycles. The maximum absolute atomic E-state index is 12.7. The van der Waals surface area contributed by atoms with Gasteiger partial charge in [0, 0.05) is 5.56 Å². The summed E-state index contributed by atoms with van der Waals surface area (Å²) in [7, 11) is 1.44. The van der Waals surface area contributed by atoms with E-state index in [0.717, 1.165) is 0 Å². The molecule has 0 aliphatic rings. The normalized spacial score (nSPS) is 11.1. The molecule has 0 aromatic heterocycles. The molecule has 94 valence electrons. The van der Waals surface area contributed by atoms with Crippen LogP contribution in [0.1, 0.15) is 10.4 Å². The molecule has 0 atom stereocenters. The maximum atomic E-state index is 12.7. The zero-order chi connectivity index (χ0) is 12.9. The summed E-state index contributed by atoms with van der Waals surface area (Å²) in [5.41, 5.74) is 0.220. The van der Waals surface area contributed by atoms with Crippen molar-refractivity contribution in [3.8, 4) is 5.75 Å². The summed E-state index contributed by atoms with van der Waals surface area (Å²) in [5, 5.41) is 10.4. The number of aliphatic hydroxyl groups excluding tert-OH is 1. The molecule has 0 spiro atoms. The van der Waals surface area contributed by atoms with Gasteiger partial charge in [-0.05, 0) is 18.2 Å². The minimum Gasteiger partial charge on any atom is -0.497 e. The lowest BCUT2D eigenvalue weighted by atomic mass is 10.2.